The molecule has 2 saturated carbocycles. The minimum atomic E-state index is -0.986. The van der Waals surface area contributed by atoms with Crippen LogP contribution in [0.15, 0.2) is 60.7 Å². The lowest BCUT2D eigenvalue weighted by molar-refractivity contribution is -0.164. The van der Waals surface area contributed by atoms with Crippen molar-refractivity contribution in [2.24, 2.45) is 22.2 Å². The van der Waals surface area contributed by atoms with Crippen LogP contribution >= 0.6 is 11.6 Å². The number of benzene rings is 3. The van der Waals surface area contributed by atoms with Crippen molar-refractivity contribution in [3.05, 3.63) is 93.5 Å². The maximum atomic E-state index is 13.4. The number of carbonyl (C=O) groups is 5. The van der Waals surface area contributed by atoms with Crippen LogP contribution in [0.2, 0.25) is 5.02 Å². The molecule has 286 valence electrons. The van der Waals surface area contributed by atoms with Gasteiger partial charge in [0.15, 0.2) is 0 Å². The summed E-state index contributed by atoms with van der Waals surface area (Å²) in [5, 5.41) is 15.0. The van der Waals surface area contributed by atoms with Crippen LogP contribution in [-0.4, -0.2) is 65.7 Å². The van der Waals surface area contributed by atoms with E-state index in [0.717, 1.165) is 48.5 Å². The molecule has 0 radical (unpaired) electrons. The van der Waals surface area contributed by atoms with Gasteiger partial charge in [0.1, 0.15) is 24.0 Å². The molecule has 0 bridgehead atoms. The second kappa shape index (κ2) is 13.5. The van der Waals surface area contributed by atoms with Gasteiger partial charge in [-0.1, -0.05) is 51.1 Å². The van der Waals surface area contributed by atoms with Gasteiger partial charge in [-0.25, -0.2) is 0 Å². The van der Waals surface area contributed by atoms with Crippen molar-refractivity contribution in [1.29, 1.82) is 5.26 Å². The molecule has 12 heteroatoms. The lowest BCUT2D eigenvalue weighted by Crippen LogP contribution is -2.74. The van der Waals surface area contributed by atoms with Crippen molar-refractivity contribution in [2.75, 3.05) is 18.0 Å². The van der Waals surface area contributed by atoms with Crippen LogP contribution in [0.25, 0.3) is 0 Å². The number of hydrogen-bond acceptors (Lipinski definition) is 8. The van der Waals surface area contributed by atoms with E-state index in [9.17, 15) is 29.2 Å². The van der Waals surface area contributed by atoms with E-state index in [1.165, 1.54) is 0 Å². The Bertz CT molecular complexity index is 2300. The molecule has 2 aliphatic carbocycles. The first kappa shape index (κ1) is 37.3. The Balaban J connectivity index is 0.841. The number of hydrogen-bond donors (Lipinski definition) is 2. The van der Waals surface area contributed by atoms with Crippen LogP contribution in [0.1, 0.15) is 102 Å². The molecule has 4 fully saturated rings. The minimum Gasteiger partial charge on any atom is -0.489 e. The number of amides is 5. The van der Waals surface area contributed by atoms with Gasteiger partial charge in [-0.3, -0.25) is 34.2 Å². The summed E-state index contributed by atoms with van der Waals surface area (Å²) in [6, 6.07) is 18.6. The van der Waals surface area contributed by atoms with Crippen LogP contribution in [0.4, 0.5) is 5.69 Å². The fourth-order valence-electron chi connectivity index (χ4n) is 9.93. The Hall–Kier alpha value is -5.65. The van der Waals surface area contributed by atoms with Crippen LogP contribution in [-0.2, 0) is 9.59 Å². The molecule has 11 nitrogen and oxygen atoms in total. The number of anilines is 1. The highest BCUT2D eigenvalue weighted by Crippen LogP contribution is 2.56. The molecule has 3 aromatic carbocycles. The van der Waals surface area contributed by atoms with Crippen molar-refractivity contribution < 1.29 is 28.7 Å². The van der Waals surface area contributed by atoms with Gasteiger partial charge in [-0.15, -0.1) is 0 Å². The summed E-state index contributed by atoms with van der Waals surface area (Å²) in [5.41, 5.74) is 2.63. The van der Waals surface area contributed by atoms with Gasteiger partial charge >= 0.3 is 0 Å². The van der Waals surface area contributed by atoms with Crippen LogP contribution < -0.4 is 20.3 Å². The third-order valence-corrected chi connectivity index (χ3v) is 12.9. The molecule has 56 heavy (non-hydrogen) atoms. The summed E-state index contributed by atoms with van der Waals surface area (Å²) in [4.78, 5) is 67.2. The van der Waals surface area contributed by atoms with Crippen molar-refractivity contribution in [3.63, 3.8) is 0 Å². The fraction of sp³-hybridized carbons (Fsp3) is 0.409. The highest BCUT2D eigenvalue weighted by molar-refractivity contribution is 6.31. The summed E-state index contributed by atoms with van der Waals surface area (Å²) in [6.45, 7) is 9.95. The second-order valence-corrected chi connectivity index (χ2v) is 17.5. The third-order valence-electron chi connectivity index (χ3n) is 12.6. The first-order chi connectivity index (χ1) is 26.6. The summed E-state index contributed by atoms with van der Waals surface area (Å²) in [6.07, 6.45) is 2.96. The molecule has 0 aromatic heterocycles. The number of nitrogens with one attached hydrogen (secondary N) is 2. The standard InChI is InChI=1S/C44H42ClN5O6/c1-42(2)40(43(3,4)41(42)56-30-13-11-28(23-46)33(45)20-30)48-36(52)27-9-7-25(8-10-27)5-6-26-21-44(22-26)17-18-49(24-44)29-12-14-31-32(19-29)39(55)50(38(31)54)34-15-16-35(51)47-37(34)53/h7-14,19-20,26,34,40-41H,15-18,21-22,24H2,1-4H3,(H,48,52)(H,47,51,53). The molecule has 5 aliphatic rings. The minimum absolute atomic E-state index is 0.0818. The fourth-order valence-corrected chi connectivity index (χ4v) is 10.1. The van der Waals surface area contributed by atoms with E-state index >= 15 is 0 Å². The van der Waals surface area contributed by atoms with Crippen molar-refractivity contribution >= 4 is 46.8 Å². The number of carbonyl (C=O) groups excluding carboxylic acids is 5. The van der Waals surface area contributed by atoms with E-state index in [1.807, 2.05) is 18.2 Å². The van der Waals surface area contributed by atoms with Crippen LogP contribution in [0.5, 0.6) is 5.75 Å². The first-order valence-electron chi connectivity index (χ1n) is 19.0. The number of nitrogens with zero attached hydrogens (tertiary/aromatic N) is 3. The Kier molecular flexibility index (Phi) is 9.01. The Labute approximate surface area is 330 Å². The molecule has 5 amide bonds. The first-order valence-corrected chi connectivity index (χ1v) is 19.4. The van der Waals surface area contributed by atoms with Gasteiger partial charge in [-0.2, -0.15) is 5.26 Å². The number of halogens is 1. The summed E-state index contributed by atoms with van der Waals surface area (Å²) >= 11 is 6.23. The second-order valence-electron chi connectivity index (χ2n) is 17.1. The largest absolute Gasteiger partial charge is 0.489 e. The number of ether oxygens (including phenoxy) is 1. The molecular formula is C44H42ClN5O6. The summed E-state index contributed by atoms with van der Waals surface area (Å²) in [5.74, 6) is 5.41. The topological polar surface area (TPSA) is 149 Å². The van der Waals surface area contributed by atoms with Gasteiger partial charge in [0.25, 0.3) is 17.7 Å². The number of rotatable bonds is 6. The quantitative estimate of drug-likeness (QED) is 0.233. The monoisotopic (exact) mass is 771 g/mol. The highest BCUT2D eigenvalue weighted by Gasteiger charge is 2.64. The van der Waals surface area contributed by atoms with E-state index in [2.05, 4.69) is 61.1 Å². The predicted octanol–water partition coefficient (Wildman–Crippen LogP) is 5.88. The zero-order valence-corrected chi connectivity index (χ0v) is 32.5. The van der Waals surface area contributed by atoms with Gasteiger partial charge in [-0.05, 0) is 85.7 Å². The molecular weight excluding hydrogens is 730 g/mol. The SMILES string of the molecule is CC1(C)C(NC(=O)c2ccc(C#CC3CC4(CCN(c5ccc6c(c5)C(=O)N(C5CCC(=O)NC5=O)C6=O)C4)C3)cc2)C(C)(C)C1Oc1ccc(C#N)c(Cl)c1. The van der Waals surface area contributed by atoms with E-state index in [4.69, 9.17) is 16.3 Å². The molecule has 2 saturated heterocycles. The van der Waals surface area contributed by atoms with Crippen LogP contribution in [0, 0.1) is 45.3 Å². The molecule has 3 aromatic rings. The molecule has 8 rings (SSSR count). The normalized spacial score (nSPS) is 24.3. The molecule has 1 unspecified atom stereocenters. The van der Waals surface area contributed by atoms with Crippen molar-refractivity contribution in [3.8, 4) is 23.7 Å². The van der Waals surface area contributed by atoms with Crippen LogP contribution in [0.3, 0.4) is 0 Å². The average molecular weight is 772 g/mol. The third kappa shape index (κ3) is 6.28. The Morgan fingerprint density at radius 1 is 0.946 bits per heavy atom. The Morgan fingerprint density at radius 3 is 2.34 bits per heavy atom. The van der Waals surface area contributed by atoms with E-state index < -0.39 is 29.7 Å². The zero-order valence-electron chi connectivity index (χ0n) is 31.7. The van der Waals surface area contributed by atoms with Gasteiger partial charge < -0.3 is 15.0 Å². The van der Waals surface area contributed by atoms with Crippen molar-refractivity contribution in [2.45, 2.75) is 78.0 Å². The summed E-state index contributed by atoms with van der Waals surface area (Å²) in [7, 11) is 0. The lowest BCUT2D eigenvalue weighted by atomic mass is 9.49. The maximum Gasteiger partial charge on any atom is 0.262 e. The maximum absolute atomic E-state index is 13.4. The highest BCUT2D eigenvalue weighted by atomic mass is 35.5. The molecule has 1 atom stereocenters. The van der Waals surface area contributed by atoms with E-state index in [1.54, 1.807) is 42.5 Å². The van der Waals surface area contributed by atoms with Crippen molar-refractivity contribution in [1.82, 2.24) is 15.5 Å². The van der Waals surface area contributed by atoms with E-state index in [-0.39, 0.29) is 58.6 Å². The average Bonchev–Trinajstić information content (AvgIpc) is 3.70. The number of nitriles is 1. The zero-order chi connectivity index (χ0) is 39.7. The molecule has 2 N–H and O–H groups in total. The Morgan fingerprint density at radius 2 is 1.66 bits per heavy atom. The predicted molar refractivity (Wildman–Crippen MR) is 208 cm³/mol. The van der Waals surface area contributed by atoms with Gasteiger partial charge in [0.05, 0.1) is 21.7 Å². The van der Waals surface area contributed by atoms with E-state index in [0.29, 0.717) is 27.5 Å². The molecule has 3 heterocycles. The lowest BCUT2D eigenvalue weighted by Gasteiger charge is -2.63. The van der Waals surface area contributed by atoms with Gasteiger partial charge in [0, 0.05) is 65.2 Å². The number of piperidine rings is 1. The number of imide groups is 2. The molecule has 3 aliphatic heterocycles. The molecule has 1 spiro atoms. The van der Waals surface area contributed by atoms with Gasteiger partial charge in [0.2, 0.25) is 11.8 Å². The summed E-state index contributed by atoms with van der Waals surface area (Å²) < 4.78 is 6.35. The smallest absolute Gasteiger partial charge is 0.262 e. The number of fused-ring (bicyclic) bond motifs is 1.